The maximum atomic E-state index is 13.8. The van der Waals surface area contributed by atoms with Crippen LogP contribution in [0.25, 0.3) is 0 Å². The van der Waals surface area contributed by atoms with E-state index in [9.17, 15) is 14.0 Å². The number of likely N-dealkylation sites (tertiary alicyclic amines) is 1. The standard InChI is InChI=1S/C17H21FN2O4S2/c18-13-4-2-1-3-11(13)8-20-6-5-15(12(9-20)7-16(21)22)26-25-10-14(19)17(23)24/h1-4,7,14-15H,5-6,8-10,19H2,(H,21,22)(H,23,24). The first-order valence-electron chi connectivity index (χ1n) is 8.02. The number of hydrogen-bond donors (Lipinski definition) is 3. The summed E-state index contributed by atoms with van der Waals surface area (Å²) in [6.07, 6.45) is 1.90. The van der Waals surface area contributed by atoms with Crippen LogP contribution in [0.2, 0.25) is 0 Å². The highest BCUT2D eigenvalue weighted by Gasteiger charge is 2.26. The van der Waals surface area contributed by atoms with Crippen molar-refractivity contribution in [2.45, 2.75) is 24.3 Å². The van der Waals surface area contributed by atoms with Crippen LogP contribution in [0, 0.1) is 5.82 Å². The Bertz CT molecular complexity index is 686. The van der Waals surface area contributed by atoms with Gasteiger partial charge >= 0.3 is 11.9 Å². The number of aliphatic carboxylic acids is 2. The Hall–Kier alpha value is -1.55. The average Bonchev–Trinajstić information content (AvgIpc) is 2.58. The Morgan fingerprint density at radius 2 is 2.12 bits per heavy atom. The highest BCUT2D eigenvalue weighted by molar-refractivity contribution is 8.77. The topological polar surface area (TPSA) is 104 Å². The summed E-state index contributed by atoms with van der Waals surface area (Å²) in [7, 11) is 2.78. The van der Waals surface area contributed by atoms with Crippen molar-refractivity contribution in [1.82, 2.24) is 4.90 Å². The van der Waals surface area contributed by atoms with Gasteiger partial charge in [-0.25, -0.2) is 9.18 Å². The summed E-state index contributed by atoms with van der Waals surface area (Å²) in [6.45, 7) is 1.55. The van der Waals surface area contributed by atoms with Crippen LogP contribution in [0.1, 0.15) is 12.0 Å². The second-order valence-corrected chi connectivity index (χ2v) is 8.58. The quantitative estimate of drug-likeness (QED) is 0.451. The molecule has 26 heavy (non-hydrogen) atoms. The molecule has 2 unspecified atom stereocenters. The van der Waals surface area contributed by atoms with Crippen molar-refractivity contribution in [1.29, 1.82) is 0 Å². The first kappa shape index (κ1) is 20.8. The molecule has 1 heterocycles. The van der Waals surface area contributed by atoms with E-state index in [-0.39, 0.29) is 16.8 Å². The van der Waals surface area contributed by atoms with Gasteiger partial charge in [0.15, 0.2) is 0 Å². The minimum absolute atomic E-state index is 0.0334. The van der Waals surface area contributed by atoms with Crippen LogP contribution in [-0.4, -0.2) is 57.2 Å². The lowest BCUT2D eigenvalue weighted by Gasteiger charge is -2.33. The van der Waals surface area contributed by atoms with Crippen molar-refractivity contribution in [3.8, 4) is 0 Å². The number of nitrogens with zero attached hydrogens (tertiary/aromatic N) is 1. The molecule has 0 aliphatic carbocycles. The number of carboxylic acid groups (broad SMARTS) is 2. The summed E-state index contributed by atoms with van der Waals surface area (Å²) in [4.78, 5) is 23.9. The molecule has 1 aliphatic rings. The van der Waals surface area contributed by atoms with Gasteiger partial charge in [0, 0.05) is 42.3 Å². The number of carboxylic acids is 2. The highest BCUT2D eigenvalue weighted by atomic mass is 33.1. The van der Waals surface area contributed by atoms with Gasteiger partial charge in [-0.2, -0.15) is 0 Å². The Morgan fingerprint density at radius 1 is 1.38 bits per heavy atom. The van der Waals surface area contributed by atoms with Gasteiger partial charge < -0.3 is 15.9 Å². The van der Waals surface area contributed by atoms with Crippen molar-refractivity contribution in [3.05, 3.63) is 47.3 Å². The van der Waals surface area contributed by atoms with E-state index in [0.717, 1.165) is 5.57 Å². The van der Waals surface area contributed by atoms with Crippen LogP contribution in [0.3, 0.4) is 0 Å². The first-order valence-corrected chi connectivity index (χ1v) is 10.4. The highest BCUT2D eigenvalue weighted by Crippen LogP contribution is 2.36. The third-order valence-corrected chi connectivity index (χ3v) is 6.85. The van der Waals surface area contributed by atoms with Gasteiger partial charge in [0.25, 0.3) is 0 Å². The van der Waals surface area contributed by atoms with Gasteiger partial charge in [-0.05, 0) is 18.1 Å². The fourth-order valence-electron chi connectivity index (χ4n) is 2.60. The molecular formula is C17H21FN2O4S2. The SMILES string of the molecule is NC(CSSC1CCN(Cc2ccccc2F)CC1=CC(=O)O)C(=O)O. The van der Waals surface area contributed by atoms with Crippen molar-refractivity contribution in [2.24, 2.45) is 5.73 Å². The number of hydrogen-bond acceptors (Lipinski definition) is 6. The Balaban J connectivity index is 1.97. The lowest BCUT2D eigenvalue weighted by atomic mass is 10.0. The third-order valence-electron chi connectivity index (χ3n) is 3.94. The van der Waals surface area contributed by atoms with E-state index in [2.05, 4.69) is 0 Å². The lowest BCUT2D eigenvalue weighted by Crippen LogP contribution is -2.37. The lowest BCUT2D eigenvalue weighted by molar-refractivity contribution is -0.138. The molecule has 0 aromatic heterocycles. The smallest absolute Gasteiger partial charge is 0.328 e. The molecule has 9 heteroatoms. The van der Waals surface area contributed by atoms with E-state index >= 15 is 0 Å². The summed E-state index contributed by atoms with van der Waals surface area (Å²) < 4.78 is 13.8. The van der Waals surface area contributed by atoms with E-state index in [0.29, 0.717) is 31.6 Å². The first-order chi connectivity index (χ1) is 12.4. The maximum absolute atomic E-state index is 13.8. The largest absolute Gasteiger partial charge is 0.480 e. The predicted molar refractivity (Wildman–Crippen MR) is 101 cm³/mol. The van der Waals surface area contributed by atoms with Crippen LogP contribution in [0.4, 0.5) is 4.39 Å². The van der Waals surface area contributed by atoms with Crippen molar-refractivity contribution >= 4 is 33.5 Å². The van der Waals surface area contributed by atoms with E-state index in [1.54, 1.807) is 18.2 Å². The molecule has 1 aliphatic heterocycles. The van der Waals surface area contributed by atoms with Gasteiger partial charge in [0.2, 0.25) is 0 Å². The zero-order chi connectivity index (χ0) is 19.1. The Labute approximate surface area is 159 Å². The van der Waals surface area contributed by atoms with E-state index in [4.69, 9.17) is 15.9 Å². The maximum Gasteiger partial charge on any atom is 0.328 e. The van der Waals surface area contributed by atoms with E-state index < -0.39 is 18.0 Å². The third kappa shape index (κ3) is 6.31. The zero-order valence-electron chi connectivity index (χ0n) is 14.0. The number of halogens is 1. The number of piperidine rings is 1. The predicted octanol–water partition coefficient (Wildman–Crippen LogP) is 2.20. The minimum atomic E-state index is -1.06. The zero-order valence-corrected chi connectivity index (χ0v) is 15.6. The van der Waals surface area contributed by atoms with Gasteiger partial charge in [0.05, 0.1) is 0 Å². The number of rotatable bonds is 8. The molecule has 0 saturated carbocycles. The average molecular weight is 400 g/mol. The molecule has 0 radical (unpaired) electrons. The monoisotopic (exact) mass is 400 g/mol. The van der Waals surface area contributed by atoms with Gasteiger partial charge in [-0.3, -0.25) is 9.69 Å². The summed E-state index contributed by atoms with van der Waals surface area (Å²) in [5, 5.41) is 17.9. The van der Waals surface area contributed by atoms with E-state index in [1.807, 2.05) is 4.90 Å². The van der Waals surface area contributed by atoms with Gasteiger partial charge in [0.1, 0.15) is 11.9 Å². The van der Waals surface area contributed by atoms with Gasteiger partial charge in [-0.15, -0.1) is 0 Å². The van der Waals surface area contributed by atoms with Crippen LogP contribution >= 0.6 is 21.6 Å². The Morgan fingerprint density at radius 3 is 2.77 bits per heavy atom. The van der Waals surface area contributed by atoms with Crippen LogP contribution < -0.4 is 5.73 Å². The molecule has 4 N–H and O–H groups in total. The molecular weight excluding hydrogens is 379 g/mol. The number of carbonyl (C=O) groups is 2. The molecule has 2 atom stereocenters. The van der Waals surface area contributed by atoms with Crippen molar-refractivity contribution in [2.75, 3.05) is 18.8 Å². The fourth-order valence-corrected chi connectivity index (χ4v) is 5.43. The molecule has 142 valence electrons. The fraction of sp³-hybridized carbons (Fsp3) is 0.412. The molecule has 1 aromatic carbocycles. The summed E-state index contributed by atoms with van der Waals surface area (Å²) in [5.74, 6) is -2.11. The second-order valence-electron chi connectivity index (χ2n) is 5.96. The number of benzene rings is 1. The molecule has 1 saturated heterocycles. The van der Waals surface area contributed by atoms with Crippen LogP contribution in [0.15, 0.2) is 35.9 Å². The normalized spacial score (nSPS) is 20.8. The molecule has 1 fully saturated rings. The molecule has 1 aromatic rings. The summed E-state index contributed by atoms with van der Waals surface area (Å²) in [6, 6.07) is 5.60. The van der Waals surface area contributed by atoms with Crippen LogP contribution in [-0.2, 0) is 16.1 Å². The molecule has 2 rings (SSSR count). The van der Waals surface area contributed by atoms with Crippen LogP contribution in [0.5, 0.6) is 0 Å². The van der Waals surface area contributed by atoms with Crippen molar-refractivity contribution < 1.29 is 24.2 Å². The van der Waals surface area contributed by atoms with Gasteiger partial charge in [-0.1, -0.05) is 39.8 Å². The minimum Gasteiger partial charge on any atom is -0.480 e. The molecule has 0 spiro atoms. The molecule has 0 bridgehead atoms. The summed E-state index contributed by atoms with van der Waals surface area (Å²) >= 11 is 0. The Kier molecular flexibility index (Phi) is 7.95. The second kappa shape index (κ2) is 9.96. The summed E-state index contributed by atoms with van der Waals surface area (Å²) in [5.41, 5.74) is 6.80. The molecule has 6 nitrogen and oxygen atoms in total. The van der Waals surface area contributed by atoms with Crippen molar-refractivity contribution in [3.63, 3.8) is 0 Å². The molecule has 0 amide bonds. The van der Waals surface area contributed by atoms with E-state index in [1.165, 1.54) is 33.7 Å². The number of nitrogens with two attached hydrogens (primary N) is 1.